The van der Waals surface area contributed by atoms with Gasteiger partial charge in [-0.3, -0.25) is 4.90 Å². The van der Waals surface area contributed by atoms with Crippen LogP contribution in [-0.2, 0) is 0 Å². The summed E-state index contributed by atoms with van der Waals surface area (Å²) in [5.41, 5.74) is 2.35. The van der Waals surface area contributed by atoms with Gasteiger partial charge >= 0.3 is 0 Å². The summed E-state index contributed by atoms with van der Waals surface area (Å²) in [6.45, 7) is 11.8. The van der Waals surface area contributed by atoms with E-state index in [0.29, 0.717) is 5.75 Å². The third kappa shape index (κ3) is 2.52. The van der Waals surface area contributed by atoms with E-state index in [2.05, 4.69) is 44.0 Å². The second-order valence-electron chi connectivity index (χ2n) is 5.92. The molecule has 0 radical (unpaired) electrons. The van der Waals surface area contributed by atoms with E-state index in [1.807, 2.05) is 6.07 Å². The van der Waals surface area contributed by atoms with Crippen LogP contribution in [0.15, 0.2) is 18.2 Å². The monoisotopic (exact) mass is 248 g/mol. The lowest BCUT2D eigenvalue weighted by Gasteiger charge is -2.46. The summed E-state index contributed by atoms with van der Waals surface area (Å²) in [4.78, 5) is 2.47. The maximum Gasteiger partial charge on any atom is 0.120 e. The van der Waals surface area contributed by atoms with Crippen molar-refractivity contribution >= 4 is 0 Å². The third-order valence-corrected chi connectivity index (χ3v) is 3.97. The molecule has 1 aromatic carbocycles. The number of nitrogens with one attached hydrogen (secondary N) is 1. The fourth-order valence-electron chi connectivity index (χ4n) is 2.89. The summed E-state index contributed by atoms with van der Waals surface area (Å²) < 4.78 is 0. The number of rotatable bonds is 2. The van der Waals surface area contributed by atoms with Crippen molar-refractivity contribution in [3.8, 4) is 5.75 Å². The van der Waals surface area contributed by atoms with Gasteiger partial charge in [-0.05, 0) is 33.8 Å². The van der Waals surface area contributed by atoms with Gasteiger partial charge in [-0.1, -0.05) is 17.7 Å². The largest absolute Gasteiger partial charge is 0.508 e. The molecule has 1 saturated heterocycles. The Morgan fingerprint density at radius 2 is 2.11 bits per heavy atom. The van der Waals surface area contributed by atoms with Gasteiger partial charge in [-0.2, -0.15) is 0 Å². The second kappa shape index (κ2) is 4.90. The molecule has 0 spiro atoms. The lowest BCUT2D eigenvalue weighted by Crippen LogP contribution is -2.58. The van der Waals surface area contributed by atoms with E-state index in [1.54, 1.807) is 6.07 Å². The van der Waals surface area contributed by atoms with Gasteiger partial charge in [-0.25, -0.2) is 0 Å². The smallest absolute Gasteiger partial charge is 0.120 e. The Morgan fingerprint density at radius 3 is 2.78 bits per heavy atom. The Balaban J connectivity index is 2.29. The molecular formula is C15H24N2O. The molecule has 1 aliphatic heterocycles. The summed E-state index contributed by atoms with van der Waals surface area (Å²) in [6, 6.07) is 6.09. The first kappa shape index (κ1) is 13.4. The van der Waals surface area contributed by atoms with Crippen LogP contribution < -0.4 is 5.32 Å². The molecule has 1 fully saturated rings. The van der Waals surface area contributed by atoms with Crippen LogP contribution >= 0.6 is 0 Å². The lowest BCUT2D eigenvalue weighted by molar-refractivity contribution is 0.0507. The molecule has 1 aromatic rings. The number of hydrogen-bond donors (Lipinski definition) is 2. The van der Waals surface area contributed by atoms with Crippen molar-refractivity contribution in [3.05, 3.63) is 29.3 Å². The molecular weight excluding hydrogens is 224 g/mol. The Morgan fingerprint density at radius 1 is 1.39 bits per heavy atom. The normalized spacial score (nSPS) is 21.8. The van der Waals surface area contributed by atoms with E-state index in [-0.39, 0.29) is 11.6 Å². The number of aryl methyl sites for hydroxylation is 1. The van der Waals surface area contributed by atoms with Gasteiger partial charge in [0.15, 0.2) is 0 Å². The fourth-order valence-corrected chi connectivity index (χ4v) is 2.89. The zero-order valence-electron chi connectivity index (χ0n) is 11.8. The minimum atomic E-state index is 0.119. The van der Waals surface area contributed by atoms with Crippen molar-refractivity contribution < 1.29 is 5.11 Å². The number of piperazine rings is 1. The van der Waals surface area contributed by atoms with E-state index in [4.69, 9.17) is 0 Å². The summed E-state index contributed by atoms with van der Waals surface area (Å²) in [6.07, 6.45) is 0. The zero-order valence-corrected chi connectivity index (χ0v) is 11.8. The molecule has 1 heterocycles. The Bertz CT molecular complexity index is 429. The zero-order chi connectivity index (χ0) is 13.3. The summed E-state index contributed by atoms with van der Waals surface area (Å²) in [5.74, 6) is 0.405. The third-order valence-electron chi connectivity index (χ3n) is 3.97. The molecule has 2 N–H and O–H groups in total. The van der Waals surface area contributed by atoms with Gasteiger partial charge in [0.2, 0.25) is 0 Å². The van der Waals surface area contributed by atoms with Crippen molar-refractivity contribution in [2.45, 2.75) is 39.3 Å². The van der Waals surface area contributed by atoms with Crippen LogP contribution in [0.5, 0.6) is 5.75 Å². The van der Waals surface area contributed by atoms with Gasteiger partial charge in [0.05, 0.1) is 0 Å². The van der Waals surface area contributed by atoms with Crippen LogP contribution in [0.2, 0.25) is 0 Å². The van der Waals surface area contributed by atoms with E-state index in [1.165, 1.54) is 5.56 Å². The molecule has 0 aliphatic carbocycles. The highest BCUT2D eigenvalue weighted by atomic mass is 16.3. The molecule has 2 rings (SSSR count). The number of phenolic OH excluding ortho intramolecular Hbond substituents is 1. The van der Waals surface area contributed by atoms with E-state index < -0.39 is 0 Å². The van der Waals surface area contributed by atoms with Gasteiger partial charge < -0.3 is 10.4 Å². The van der Waals surface area contributed by atoms with E-state index in [9.17, 15) is 5.11 Å². The average molecular weight is 248 g/mol. The first-order valence-corrected chi connectivity index (χ1v) is 6.69. The average Bonchev–Trinajstić information content (AvgIpc) is 2.31. The van der Waals surface area contributed by atoms with Crippen LogP contribution in [0.3, 0.4) is 0 Å². The lowest BCUT2D eigenvalue weighted by atomic mass is 9.94. The molecule has 100 valence electrons. The van der Waals surface area contributed by atoms with Crippen molar-refractivity contribution in [2.75, 3.05) is 19.6 Å². The second-order valence-corrected chi connectivity index (χ2v) is 5.92. The minimum Gasteiger partial charge on any atom is -0.508 e. The number of phenols is 1. The number of hydrogen-bond acceptors (Lipinski definition) is 3. The van der Waals surface area contributed by atoms with Gasteiger partial charge in [0, 0.05) is 36.8 Å². The molecule has 18 heavy (non-hydrogen) atoms. The summed E-state index contributed by atoms with van der Waals surface area (Å²) in [7, 11) is 0. The molecule has 1 unspecified atom stereocenters. The van der Waals surface area contributed by atoms with Crippen LogP contribution in [0.4, 0.5) is 0 Å². The van der Waals surface area contributed by atoms with Gasteiger partial charge in [-0.15, -0.1) is 0 Å². The highest BCUT2D eigenvalue weighted by molar-refractivity contribution is 5.38. The number of aromatic hydroxyl groups is 1. The highest BCUT2D eigenvalue weighted by Gasteiger charge is 2.34. The topological polar surface area (TPSA) is 35.5 Å². The predicted molar refractivity (Wildman–Crippen MR) is 74.9 cm³/mol. The maximum atomic E-state index is 10.1. The van der Waals surface area contributed by atoms with Crippen LogP contribution in [-0.4, -0.2) is 35.2 Å². The minimum absolute atomic E-state index is 0.119. The highest BCUT2D eigenvalue weighted by Crippen LogP contribution is 2.33. The molecule has 1 atom stereocenters. The maximum absolute atomic E-state index is 10.1. The van der Waals surface area contributed by atoms with Crippen molar-refractivity contribution in [1.82, 2.24) is 10.2 Å². The van der Waals surface area contributed by atoms with Crippen molar-refractivity contribution in [3.63, 3.8) is 0 Å². The van der Waals surface area contributed by atoms with E-state index >= 15 is 0 Å². The molecule has 3 nitrogen and oxygen atoms in total. The van der Waals surface area contributed by atoms with E-state index in [0.717, 1.165) is 25.2 Å². The van der Waals surface area contributed by atoms with Crippen LogP contribution in [0, 0.1) is 6.92 Å². The Hall–Kier alpha value is -1.06. The molecule has 0 saturated carbocycles. The predicted octanol–water partition coefficient (Wildman–Crippen LogP) is 2.45. The first-order valence-electron chi connectivity index (χ1n) is 6.69. The Labute approximate surface area is 110 Å². The Kier molecular flexibility index (Phi) is 3.64. The van der Waals surface area contributed by atoms with Crippen LogP contribution in [0.25, 0.3) is 0 Å². The quantitative estimate of drug-likeness (QED) is 0.844. The van der Waals surface area contributed by atoms with Crippen LogP contribution in [0.1, 0.15) is 37.9 Å². The van der Waals surface area contributed by atoms with Gasteiger partial charge in [0.1, 0.15) is 5.75 Å². The molecule has 1 aliphatic rings. The van der Waals surface area contributed by atoms with Gasteiger partial charge in [0.25, 0.3) is 0 Å². The summed E-state index contributed by atoms with van der Waals surface area (Å²) >= 11 is 0. The number of benzene rings is 1. The molecule has 0 aromatic heterocycles. The van der Waals surface area contributed by atoms with Crippen molar-refractivity contribution in [1.29, 1.82) is 0 Å². The molecule has 0 bridgehead atoms. The molecule has 3 heteroatoms. The SMILES string of the molecule is Cc1ccc(O)c(C(C)N2CCNCC2(C)C)c1. The number of nitrogens with zero attached hydrogens (tertiary/aromatic N) is 1. The summed E-state index contributed by atoms with van der Waals surface area (Å²) in [5, 5.41) is 13.5. The van der Waals surface area contributed by atoms with Crippen molar-refractivity contribution in [2.24, 2.45) is 0 Å². The fraction of sp³-hybridized carbons (Fsp3) is 0.600. The standard InChI is InChI=1S/C15H24N2O/c1-11-5-6-14(18)13(9-11)12(2)17-8-7-16-10-15(17,3)4/h5-6,9,12,16,18H,7-8,10H2,1-4H3. The molecule has 0 amide bonds. The first-order chi connectivity index (χ1) is 8.42.